The van der Waals surface area contributed by atoms with E-state index in [2.05, 4.69) is 26.5 Å². The Morgan fingerprint density at radius 3 is 2.40 bits per heavy atom. The molecule has 0 aliphatic heterocycles. The van der Waals surface area contributed by atoms with Crippen molar-refractivity contribution in [2.75, 3.05) is 13.7 Å². The largest absolute Gasteiger partial charge is 0.385 e. The second-order valence-electron chi connectivity index (χ2n) is 2.99. The lowest BCUT2D eigenvalue weighted by molar-refractivity contribution is 0.184. The standard InChI is InChI=1S/C8H18OS/c1-4-5-8(2,10)6-7-9-3/h10H,4-7H2,1-3H3/t8-/m0/s1. The average Bonchev–Trinajstić information content (AvgIpc) is 1.84. The Morgan fingerprint density at radius 1 is 1.40 bits per heavy atom. The lowest BCUT2D eigenvalue weighted by Crippen LogP contribution is -2.18. The minimum Gasteiger partial charge on any atom is -0.385 e. The normalized spacial score (nSPS) is 16.8. The molecule has 0 aliphatic rings. The zero-order valence-electron chi connectivity index (χ0n) is 7.18. The van der Waals surface area contributed by atoms with Crippen molar-refractivity contribution >= 4 is 12.6 Å². The number of hydrogen-bond donors (Lipinski definition) is 1. The van der Waals surface area contributed by atoms with Gasteiger partial charge in [0.1, 0.15) is 0 Å². The number of hydrogen-bond acceptors (Lipinski definition) is 2. The van der Waals surface area contributed by atoms with Crippen molar-refractivity contribution in [3.8, 4) is 0 Å². The Morgan fingerprint density at radius 2 is 2.00 bits per heavy atom. The summed E-state index contributed by atoms with van der Waals surface area (Å²) in [5.41, 5.74) is 0. The van der Waals surface area contributed by atoms with Crippen molar-refractivity contribution < 1.29 is 4.74 Å². The van der Waals surface area contributed by atoms with Gasteiger partial charge in [-0.15, -0.1) is 0 Å². The molecule has 0 aliphatic carbocycles. The van der Waals surface area contributed by atoms with Gasteiger partial charge in [0.25, 0.3) is 0 Å². The summed E-state index contributed by atoms with van der Waals surface area (Å²) in [6.45, 7) is 5.17. The molecule has 0 bridgehead atoms. The fourth-order valence-electron chi connectivity index (χ4n) is 0.986. The SMILES string of the molecule is CCC[C@](C)(S)CCOC. The molecule has 0 aromatic carbocycles. The molecule has 1 atom stereocenters. The molecule has 2 heteroatoms. The topological polar surface area (TPSA) is 9.23 Å². The summed E-state index contributed by atoms with van der Waals surface area (Å²) < 4.78 is 5.15. The van der Waals surface area contributed by atoms with Gasteiger partial charge >= 0.3 is 0 Å². The summed E-state index contributed by atoms with van der Waals surface area (Å²) in [6, 6.07) is 0. The van der Waals surface area contributed by atoms with Gasteiger partial charge in [-0.2, -0.15) is 12.6 Å². The van der Waals surface area contributed by atoms with E-state index in [4.69, 9.17) is 4.74 Å². The van der Waals surface area contributed by atoms with Gasteiger partial charge in [0.2, 0.25) is 0 Å². The number of thiol groups is 1. The third-order valence-corrected chi connectivity index (χ3v) is 2.08. The first-order valence-corrected chi connectivity index (χ1v) is 4.28. The number of rotatable bonds is 5. The second kappa shape index (κ2) is 5.03. The first-order valence-electron chi connectivity index (χ1n) is 3.83. The zero-order valence-corrected chi connectivity index (χ0v) is 8.08. The molecule has 0 spiro atoms. The Kier molecular flexibility index (Phi) is 5.18. The van der Waals surface area contributed by atoms with E-state index < -0.39 is 0 Å². The first-order chi connectivity index (χ1) is 4.62. The van der Waals surface area contributed by atoms with Crippen LogP contribution in [0.5, 0.6) is 0 Å². The van der Waals surface area contributed by atoms with Gasteiger partial charge in [-0.05, 0) is 12.8 Å². The van der Waals surface area contributed by atoms with E-state index in [1.165, 1.54) is 12.8 Å². The second-order valence-corrected chi connectivity index (χ2v) is 4.07. The molecule has 0 aromatic heterocycles. The zero-order chi connectivity index (χ0) is 8.04. The van der Waals surface area contributed by atoms with Crippen LogP contribution in [0.15, 0.2) is 0 Å². The van der Waals surface area contributed by atoms with Gasteiger partial charge < -0.3 is 4.74 Å². The van der Waals surface area contributed by atoms with E-state index in [1.54, 1.807) is 7.11 Å². The Labute approximate surface area is 69.6 Å². The molecule has 0 amide bonds. The summed E-state index contributed by atoms with van der Waals surface area (Å²) in [5, 5.41) is 0. The maximum Gasteiger partial charge on any atom is 0.0475 e. The molecule has 0 rings (SSSR count). The van der Waals surface area contributed by atoms with Crippen LogP contribution in [-0.4, -0.2) is 18.5 Å². The molecule has 10 heavy (non-hydrogen) atoms. The molecule has 1 nitrogen and oxygen atoms in total. The lowest BCUT2D eigenvalue weighted by Gasteiger charge is -2.21. The molecular weight excluding hydrogens is 144 g/mol. The third kappa shape index (κ3) is 5.12. The van der Waals surface area contributed by atoms with Crippen LogP contribution in [-0.2, 0) is 4.74 Å². The molecular formula is C8H18OS. The van der Waals surface area contributed by atoms with Gasteiger partial charge in [0.05, 0.1) is 0 Å². The van der Waals surface area contributed by atoms with E-state index in [1.807, 2.05) is 0 Å². The molecule has 0 heterocycles. The quantitative estimate of drug-likeness (QED) is 0.611. The van der Waals surface area contributed by atoms with E-state index in [-0.39, 0.29) is 4.75 Å². The van der Waals surface area contributed by atoms with Gasteiger partial charge in [-0.1, -0.05) is 20.3 Å². The van der Waals surface area contributed by atoms with E-state index in [9.17, 15) is 0 Å². The molecule has 0 fully saturated rings. The van der Waals surface area contributed by atoms with Crippen LogP contribution in [0.1, 0.15) is 33.1 Å². The van der Waals surface area contributed by atoms with Gasteiger partial charge in [-0.25, -0.2) is 0 Å². The molecule has 0 aromatic rings. The summed E-state index contributed by atoms with van der Waals surface area (Å²) in [6.07, 6.45) is 3.41. The van der Waals surface area contributed by atoms with Crippen LogP contribution in [0.25, 0.3) is 0 Å². The van der Waals surface area contributed by atoms with Crippen molar-refractivity contribution in [2.45, 2.75) is 37.9 Å². The predicted octanol–water partition coefficient (Wildman–Crippen LogP) is 2.51. The van der Waals surface area contributed by atoms with Crippen LogP contribution in [0, 0.1) is 0 Å². The maximum atomic E-state index is 4.98. The fraction of sp³-hybridized carbons (Fsp3) is 1.00. The van der Waals surface area contributed by atoms with Crippen molar-refractivity contribution in [1.82, 2.24) is 0 Å². The van der Waals surface area contributed by atoms with Crippen molar-refractivity contribution in [1.29, 1.82) is 0 Å². The predicted molar refractivity (Wildman–Crippen MR) is 48.8 cm³/mol. The summed E-state index contributed by atoms with van der Waals surface area (Å²) in [5.74, 6) is 0. The summed E-state index contributed by atoms with van der Waals surface area (Å²) in [7, 11) is 1.73. The van der Waals surface area contributed by atoms with E-state index in [0.29, 0.717) is 0 Å². The minimum atomic E-state index is 0.171. The molecule has 0 saturated heterocycles. The van der Waals surface area contributed by atoms with Gasteiger partial charge in [0.15, 0.2) is 0 Å². The highest BCUT2D eigenvalue weighted by molar-refractivity contribution is 7.81. The maximum absolute atomic E-state index is 4.98. The monoisotopic (exact) mass is 162 g/mol. The van der Waals surface area contributed by atoms with Crippen LogP contribution < -0.4 is 0 Å². The number of ether oxygens (including phenoxy) is 1. The highest BCUT2D eigenvalue weighted by Gasteiger charge is 2.16. The molecule has 0 saturated carbocycles. The molecule has 0 unspecified atom stereocenters. The minimum absolute atomic E-state index is 0.171. The lowest BCUT2D eigenvalue weighted by atomic mass is 10.0. The summed E-state index contributed by atoms with van der Waals surface area (Å²) in [4.78, 5) is 0. The first kappa shape index (κ1) is 10.3. The average molecular weight is 162 g/mol. The van der Waals surface area contributed by atoms with E-state index >= 15 is 0 Å². The Bertz CT molecular complexity index is 81.3. The van der Waals surface area contributed by atoms with Crippen molar-refractivity contribution in [3.63, 3.8) is 0 Å². The summed E-state index contributed by atoms with van der Waals surface area (Å²) >= 11 is 4.52. The Hall–Kier alpha value is 0.310. The molecule has 0 N–H and O–H groups in total. The smallest absolute Gasteiger partial charge is 0.0475 e. The van der Waals surface area contributed by atoms with Crippen LogP contribution in [0.3, 0.4) is 0 Å². The highest BCUT2D eigenvalue weighted by atomic mass is 32.1. The van der Waals surface area contributed by atoms with E-state index in [0.717, 1.165) is 13.0 Å². The van der Waals surface area contributed by atoms with Crippen LogP contribution in [0.2, 0.25) is 0 Å². The molecule has 0 radical (unpaired) electrons. The van der Waals surface area contributed by atoms with Crippen molar-refractivity contribution in [3.05, 3.63) is 0 Å². The van der Waals surface area contributed by atoms with Crippen LogP contribution >= 0.6 is 12.6 Å². The van der Waals surface area contributed by atoms with Crippen LogP contribution in [0.4, 0.5) is 0 Å². The Balaban J connectivity index is 3.42. The van der Waals surface area contributed by atoms with Crippen molar-refractivity contribution in [2.24, 2.45) is 0 Å². The van der Waals surface area contributed by atoms with Gasteiger partial charge in [0, 0.05) is 18.5 Å². The van der Waals surface area contributed by atoms with Gasteiger partial charge in [-0.3, -0.25) is 0 Å². The third-order valence-electron chi connectivity index (χ3n) is 1.63. The highest BCUT2D eigenvalue weighted by Crippen LogP contribution is 2.23. The number of methoxy groups -OCH3 is 1. The fourth-order valence-corrected chi connectivity index (χ4v) is 1.30. The molecule has 62 valence electrons.